The van der Waals surface area contributed by atoms with Crippen LogP contribution < -0.4 is 0 Å². The van der Waals surface area contributed by atoms with E-state index in [2.05, 4.69) is 0 Å². The summed E-state index contributed by atoms with van der Waals surface area (Å²) in [6, 6.07) is 9.19. The Kier molecular flexibility index (Phi) is 5.16. The van der Waals surface area contributed by atoms with Crippen molar-refractivity contribution in [3.8, 4) is 0 Å². The molecule has 2 rings (SSSR count). The minimum absolute atomic E-state index is 0.0387. The molecular formula is C16H21NO3. The highest BCUT2D eigenvalue weighted by molar-refractivity contribution is 5.83. The Morgan fingerprint density at radius 3 is 2.60 bits per heavy atom. The second-order valence-electron chi connectivity index (χ2n) is 5.28. The van der Waals surface area contributed by atoms with Gasteiger partial charge in [-0.05, 0) is 24.8 Å². The van der Waals surface area contributed by atoms with Crippen LogP contribution in [0.3, 0.4) is 0 Å². The number of carboxylic acid groups (broad SMARTS) is 1. The number of carbonyl (C=O) groups excluding carboxylic acids is 1. The van der Waals surface area contributed by atoms with E-state index in [0.29, 0.717) is 25.8 Å². The molecule has 108 valence electrons. The molecule has 1 atom stereocenters. The van der Waals surface area contributed by atoms with Crippen molar-refractivity contribution >= 4 is 11.9 Å². The van der Waals surface area contributed by atoms with E-state index in [4.69, 9.17) is 0 Å². The highest BCUT2D eigenvalue weighted by Crippen LogP contribution is 2.18. The van der Waals surface area contributed by atoms with Crippen molar-refractivity contribution in [1.82, 2.24) is 4.90 Å². The molecule has 1 aliphatic heterocycles. The van der Waals surface area contributed by atoms with Crippen molar-refractivity contribution in [1.29, 1.82) is 0 Å². The van der Waals surface area contributed by atoms with Gasteiger partial charge in [0.15, 0.2) is 0 Å². The smallest absolute Gasteiger partial charge is 0.326 e. The molecule has 4 heteroatoms. The maximum absolute atomic E-state index is 12.3. The summed E-state index contributed by atoms with van der Waals surface area (Å²) in [4.78, 5) is 25.2. The average Bonchev–Trinajstić information content (AvgIpc) is 2.71. The van der Waals surface area contributed by atoms with E-state index in [1.165, 1.54) is 0 Å². The van der Waals surface area contributed by atoms with Crippen LogP contribution in [0.1, 0.15) is 37.7 Å². The Bertz CT molecular complexity index is 458. The maximum Gasteiger partial charge on any atom is 0.326 e. The van der Waals surface area contributed by atoms with Crippen LogP contribution in [-0.2, 0) is 16.0 Å². The lowest BCUT2D eigenvalue weighted by Gasteiger charge is -2.27. The normalized spacial score (nSPS) is 19.4. The van der Waals surface area contributed by atoms with E-state index in [9.17, 15) is 14.7 Å². The van der Waals surface area contributed by atoms with Crippen molar-refractivity contribution in [2.45, 2.75) is 44.6 Å². The molecule has 1 fully saturated rings. The molecule has 1 aromatic carbocycles. The molecule has 1 unspecified atom stereocenters. The Balaban J connectivity index is 1.96. The van der Waals surface area contributed by atoms with Crippen LogP contribution in [-0.4, -0.2) is 34.5 Å². The summed E-state index contributed by atoms with van der Waals surface area (Å²) in [5.74, 6) is -0.914. The van der Waals surface area contributed by atoms with Crippen LogP contribution >= 0.6 is 0 Å². The van der Waals surface area contributed by atoms with Gasteiger partial charge in [0.1, 0.15) is 6.04 Å². The third-order valence-corrected chi connectivity index (χ3v) is 3.83. The summed E-state index contributed by atoms with van der Waals surface area (Å²) >= 11 is 0. The van der Waals surface area contributed by atoms with E-state index in [1.807, 2.05) is 30.3 Å². The predicted octanol–water partition coefficient (Wildman–Crippen LogP) is 2.48. The van der Waals surface area contributed by atoms with Crippen LogP contribution in [0, 0.1) is 0 Å². The van der Waals surface area contributed by atoms with Gasteiger partial charge in [-0.25, -0.2) is 4.79 Å². The quantitative estimate of drug-likeness (QED) is 0.918. The Morgan fingerprint density at radius 1 is 1.15 bits per heavy atom. The van der Waals surface area contributed by atoms with Gasteiger partial charge in [-0.3, -0.25) is 4.79 Å². The largest absolute Gasteiger partial charge is 0.480 e. The first-order valence-electron chi connectivity index (χ1n) is 7.24. The van der Waals surface area contributed by atoms with Gasteiger partial charge in [-0.15, -0.1) is 0 Å². The van der Waals surface area contributed by atoms with Crippen LogP contribution in [0.2, 0.25) is 0 Å². The topological polar surface area (TPSA) is 57.6 Å². The van der Waals surface area contributed by atoms with E-state index >= 15 is 0 Å². The minimum atomic E-state index is -0.875. The molecule has 0 bridgehead atoms. The number of hydrogen-bond acceptors (Lipinski definition) is 2. The number of benzene rings is 1. The molecule has 1 amide bonds. The SMILES string of the molecule is O=C(O)C1CCCCCN1C(=O)CCc1ccccc1. The molecule has 1 N–H and O–H groups in total. The lowest BCUT2D eigenvalue weighted by atomic mass is 10.1. The first kappa shape index (κ1) is 14.6. The molecule has 1 aromatic rings. The lowest BCUT2D eigenvalue weighted by molar-refractivity contribution is -0.150. The fraction of sp³-hybridized carbons (Fsp3) is 0.500. The van der Waals surface area contributed by atoms with Gasteiger partial charge < -0.3 is 10.0 Å². The Labute approximate surface area is 119 Å². The standard InChI is InChI=1S/C16H21NO3/c18-15(11-10-13-7-3-1-4-8-13)17-12-6-2-5-9-14(17)16(19)20/h1,3-4,7-8,14H,2,5-6,9-12H2,(H,19,20). The summed E-state index contributed by atoms with van der Waals surface area (Å²) in [6.07, 6.45) is 4.43. The van der Waals surface area contributed by atoms with Gasteiger partial charge in [0.25, 0.3) is 0 Å². The Hall–Kier alpha value is -1.84. The number of hydrogen-bond donors (Lipinski definition) is 1. The maximum atomic E-state index is 12.3. The number of carboxylic acids is 1. The Morgan fingerprint density at radius 2 is 1.90 bits per heavy atom. The number of aliphatic carboxylic acids is 1. The molecule has 1 heterocycles. The predicted molar refractivity (Wildman–Crippen MR) is 76.4 cm³/mol. The van der Waals surface area contributed by atoms with Crippen LogP contribution in [0.5, 0.6) is 0 Å². The highest BCUT2D eigenvalue weighted by atomic mass is 16.4. The fourth-order valence-electron chi connectivity index (χ4n) is 2.70. The molecular weight excluding hydrogens is 254 g/mol. The van der Waals surface area contributed by atoms with Gasteiger partial charge >= 0.3 is 5.97 Å². The first-order chi connectivity index (χ1) is 9.68. The van der Waals surface area contributed by atoms with Crippen LogP contribution in [0.4, 0.5) is 0 Å². The number of rotatable bonds is 4. The van der Waals surface area contributed by atoms with Crippen molar-refractivity contribution < 1.29 is 14.7 Å². The summed E-state index contributed by atoms with van der Waals surface area (Å²) in [5, 5.41) is 9.27. The number of likely N-dealkylation sites (tertiary alicyclic amines) is 1. The summed E-state index contributed by atoms with van der Waals surface area (Å²) in [7, 11) is 0. The molecule has 0 aliphatic carbocycles. The third-order valence-electron chi connectivity index (χ3n) is 3.83. The van der Waals surface area contributed by atoms with E-state index in [1.54, 1.807) is 4.90 Å². The highest BCUT2D eigenvalue weighted by Gasteiger charge is 2.30. The molecule has 20 heavy (non-hydrogen) atoms. The zero-order valence-electron chi connectivity index (χ0n) is 11.6. The molecule has 1 saturated heterocycles. The van der Waals surface area contributed by atoms with E-state index in [0.717, 1.165) is 24.8 Å². The summed E-state index contributed by atoms with van der Waals surface area (Å²) < 4.78 is 0. The average molecular weight is 275 g/mol. The number of amides is 1. The third kappa shape index (κ3) is 3.83. The monoisotopic (exact) mass is 275 g/mol. The molecule has 0 aromatic heterocycles. The summed E-state index contributed by atoms with van der Waals surface area (Å²) in [5.41, 5.74) is 1.11. The van der Waals surface area contributed by atoms with Crippen molar-refractivity contribution in [2.75, 3.05) is 6.54 Å². The zero-order valence-corrected chi connectivity index (χ0v) is 11.6. The lowest BCUT2D eigenvalue weighted by Crippen LogP contribution is -2.44. The molecule has 4 nitrogen and oxygen atoms in total. The van der Waals surface area contributed by atoms with Gasteiger partial charge in [-0.2, -0.15) is 0 Å². The minimum Gasteiger partial charge on any atom is -0.480 e. The summed E-state index contributed by atoms with van der Waals surface area (Å²) in [6.45, 7) is 0.574. The molecule has 0 saturated carbocycles. The number of carbonyl (C=O) groups is 2. The second-order valence-corrected chi connectivity index (χ2v) is 5.28. The van der Waals surface area contributed by atoms with E-state index in [-0.39, 0.29) is 5.91 Å². The van der Waals surface area contributed by atoms with Gasteiger partial charge in [0, 0.05) is 13.0 Å². The van der Waals surface area contributed by atoms with Crippen molar-refractivity contribution in [3.63, 3.8) is 0 Å². The van der Waals surface area contributed by atoms with Crippen molar-refractivity contribution in [2.24, 2.45) is 0 Å². The van der Waals surface area contributed by atoms with E-state index < -0.39 is 12.0 Å². The number of nitrogens with zero attached hydrogens (tertiary/aromatic N) is 1. The molecule has 1 aliphatic rings. The molecule has 0 radical (unpaired) electrons. The number of aryl methyl sites for hydroxylation is 1. The zero-order chi connectivity index (χ0) is 14.4. The molecule has 0 spiro atoms. The van der Waals surface area contributed by atoms with Crippen LogP contribution in [0.25, 0.3) is 0 Å². The van der Waals surface area contributed by atoms with Gasteiger partial charge in [0.05, 0.1) is 0 Å². The van der Waals surface area contributed by atoms with Crippen LogP contribution in [0.15, 0.2) is 30.3 Å². The van der Waals surface area contributed by atoms with Gasteiger partial charge in [-0.1, -0.05) is 43.2 Å². The first-order valence-corrected chi connectivity index (χ1v) is 7.24. The fourth-order valence-corrected chi connectivity index (χ4v) is 2.70. The van der Waals surface area contributed by atoms with Crippen molar-refractivity contribution in [3.05, 3.63) is 35.9 Å². The second kappa shape index (κ2) is 7.08. The van der Waals surface area contributed by atoms with Gasteiger partial charge in [0.2, 0.25) is 5.91 Å².